The minimum atomic E-state index is -0.739. The predicted molar refractivity (Wildman–Crippen MR) is 92.4 cm³/mol. The highest BCUT2D eigenvalue weighted by atomic mass is 32.1. The minimum absolute atomic E-state index is 0.00471. The monoisotopic (exact) mass is 359 g/mol. The van der Waals surface area contributed by atoms with E-state index in [9.17, 15) is 24.4 Å². The fraction of sp³-hybridized carbons (Fsp3) is 0. The average Bonchev–Trinajstić information content (AvgIpc) is 2.84. The SMILES string of the molecule is O=C1/C(=C/c2ccc(O)c([N+](=O)[O-])c2)NC(=S)N1c1ccccc1F. The van der Waals surface area contributed by atoms with Crippen molar-refractivity contribution in [2.45, 2.75) is 0 Å². The summed E-state index contributed by atoms with van der Waals surface area (Å²) in [6.45, 7) is 0. The van der Waals surface area contributed by atoms with Crippen molar-refractivity contribution in [2.24, 2.45) is 0 Å². The van der Waals surface area contributed by atoms with Crippen LogP contribution in [0.4, 0.5) is 15.8 Å². The first-order chi connectivity index (χ1) is 11.9. The van der Waals surface area contributed by atoms with Crippen LogP contribution in [-0.4, -0.2) is 21.0 Å². The highest BCUT2D eigenvalue weighted by Crippen LogP contribution is 2.29. The van der Waals surface area contributed by atoms with Gasteiger partial charge in [0.2, 0.25) is 0 Å². The molecular formula is C16H10FN3O4S. The van der Waals surface area contributed by atoms with Crippen LogP contribution in [-0.2, 0) is 4.79 Å². The summed E-state index contributed by atoms with van der Waals surface area (Å²) in [5, 5.41) is 23.0. The maximum atomic E-state index is 13.9. The number of hydrogen-bond donors (Lipinski definition) is 2. The van der Waals surface area contributed by atoms with Crippen molar-refractivity contribution in [3.05, 3.63) is 69.7 Å². The van der Waals surface area contributed by atoms with Gasteiger partial charge in [-0.1, -0.05) is 18.2 Å². The number of thiocarbonyl (C=S) groups is 1. The fourth-order valence-electron chi connectivity index (χ4n) is 2.33. The van der Waals surface area contributed by atoms with E-state index in [1.807, 2.05) is 0 Å². The summed E-state index contributed by atoms with van der Waals surface area (Å²) < 4.78 is 13.9. The number of nitro benzene ring substituents is 1. The molecule has 9 heteroatoms. The van der Waals surface area contributed by atoms with E-state index in [0.717, 1.165) is 17.0 Å². The molecule has 0 spiro atoms. The molecule has 0 aromatic heterocycles. The van der Waals surface area contributed by atoms with Crippen LogP contribution >= 0.6 is 12.2 Å². The van der Waals surface area contributed by atoms with Crippen LogP contribution in [0.2, 0.25) is 0 Å². The van der Waals surface area contributed by atoms with Crippen LogP contribution in [0.5, 0.6) is 5.75 Å². The number of hydrogen-bond acceptors (Lipinski definition) is 5. The van der Waals surface area contributed by atoms with Crippen LogP contribution in [0.3, 0.4) is 0 Å². The van der Waals surface area contributed by atoms with Crippen molar-refractivity contribution >= 4 is 40.7 Å². The van der Waals surface area contributed by atoms with Gasteiger partial charge < -0.3 is 10.4 Å². The molecule has 0 atom stereocenters. The summed E-state index contributed by atoms with van der Waals surface area (Å²) in [6.07, 6.45) is 1.34. The van der Waals surface area contributed by atoms with E-state index in [2.05, 4.69) is 5.32 Å². The number of carbonyl (C=O) groups excluding carboxylic acids is 1. The number of nitrogens with zero attached hydrogens (tertiary/aromatic N) is 2. The number of nitrogens with one attached hydrogen (secondary N) is 1. The number of nitro groups is 1. The molecule has 1 aliphatic heterocycles. The van der Waals surface area contributed by atoms with E-state index < -0.39 is 28.1 Å². The van der Waals surface area contributed by atoms with Gasteiger partial charge in [-0.25, -0.2) is 9.29 Å². The zero-order valence-electron chi connectivity index (χ0n) is 12.5. The second-order valence-corrected chi connectivity index (χ2v) is 5.47. The summed E-state index contributed by atoms with van der Waals surface area (Å²) in [6, 6.07) is 9.34. The number of halogens is 1. The van der Waals surface area contributed by atoms with Gasteiger partial charge >= 0.3 is 5.69 Å². The molecule has 3 rings (SSSR count). The highest BCUT2D eigenvalue weighted by Gasteiger charge is 2.33. The van der Waals surface area contributed by atoms with Crippen molar-refractivity contribution < 1.29 is 19.2 Å². The van der Waals surface area contributed by atoms with E-state index in [1.165, 1.54) is 30.3 Å². The summed E-state index contributed by atoms with van der Waals surface area (Å²) in [5.41, 5.74) is -0.148. The molecule has 1 aliphatic rings. The van der Waals surface area contributed by atoms with E-state index in [1.54, 1.807) is 6.07 Å². The number of benzene rings is 2. The van der Waals surface area contributed by atoms with E-state index in [0.29, 0.717) is 5.56 Å². The molecule has 0 aliphatic carbocycles. The quantitative estimate of drug-likeness (QED) is 0.379. The molecule has 0 radical (unpaired) electrons. The zero-order chi connectivity index (χ0) is 18.1. The number of phenols is 1. The Kier molecular flexibility index (Phi) is 4.15. The molecule has 2 N–H and O–H groups in total. The lowest BCUT2D eigenvalue weighted by Crippen LogP contribution is -2.31. The number of anilines is 1. The van der Waals surface area contributed by atoms with Crippen LogP contribution in [0.25, 0.3) is 6.08 Å². The fourth-order valence-corrected chi connectivity index (χ4v) is 2.62. The molecule has 126 valence electrons. The Balaban J connectivity index is 1.98. The van der Waals surface area contributed by atoms with Crippen LogP contribution in [0.1, 0.15) is 5.56 Å². The van der Waals surface area contributed by atoms with Gasteiger partial charge in [-0.2, -0.15) is 0 Å². The maximum Gasteiger partial charge on any atom is 0.311 e. The van der Waals surface area contributed by atoms with Crippen LogP contribution in [0, 0.1) is 15.9 Å². The molecule has 25 heavy (non-hydrogen) atoms. The van der Waals surface area contributed by atoms with Gasteiger partial charge in [-0.15, -0.1) is 0 Å². The summed E-state index contributed by atoms with van der Waals surface area (Å²) in [7, 11) is 0. The standard InChI is InChI=1S/C16H10FN3O4S/c17-10-3-1-2-4-12(10)19-15(22)11(18-16(19)25)7-9-5-6-14(21)13(8-9)20(23)24/h1-8,21H,(H,18,25)/b11-7-. The second kappa shape index (κ2) is 6.29. The van der Waals surface area contributed by atoms with Gasteiger partial charge in [0.25, 0.3) is 5.91 Å². The van der Waals surface area contributed by atoms with Crippen molar-refractivity contribution in [3.8, 4) is 5.75 Å². The third kappa shape index (κ3) is 3.04. The zero-order valence-corrected chi connectivity index (χ0v) is 13.3. The van der Waals surface area contributed by atoms with Crippen LogP contribution in [0.15, 0.2) is 48.2 Å². The molecule has 0 unspecified atom stereocenters. The lowest BCUT2D eigenvalue weighted by atomic mass is 10.1. The molecule has 1 heterocycles. The third-order valence-corrected chi connectivity index (χ3v) is 3.76. The molecule has 1 saturated heterocycles. The Labute approximate surface area is 146 Å². The van der Waals surface area contributed by atoms with Gasteiger partial charge in [0.05, 0.1) is 10.6 Å². The first kappa shape index (κ1) is 16.5. The Morgan fingerprint density at radius 1 is 1.28 bits per heavy atom. The van der Waals surface area contributed by atoms with E-state index >= 15 is 0 Å². The van der Waals surface area contributed by atoms with Gasteiger partial charge in [-0.3, -0.25) is 14.9 Å². The van der Waals surface area contributed by atoms with Crippen molar-refractivity contribution in [1.82, 2.24) is 5.32 Å². The summed E-state index contributed by atoms with van der Waals surface area (Å²) >= 11 is 5.08. The number of aromatic hydroxyl groups is 1. The summed E-state index contributed by atoms with van der Waals surface area (Å²) in [4.78, 5) is 23.7. The Morgan fingerprint density at radius 3 is 2.68 bits per heavy atom. The first-order valence-corrected chi connectivity index (χ1v) is 7.38. The lowest BCUT2D eigenvalue weighted by molar-refractivity contribution is -0.385. The van der Waals surface area contributed by atoms with E-state index in [-0.39, 0.29) is 16.5 Å². The average molecular weight is 359 g/mol. The maximum absolute atomic E-state index is 13.9. The summed E-state index contributed by atoms with van der Waals surface area (Å²) in [5.74, 6) is -1.69. The minimum Gasteiger partial charge on any atom is -0.502 e. The Hall–Kier alpha value is -3.33. The lowest BCUT2D eigenvalue weighted by Gasteiger charge is -2.14. The number of phenolic OH excluding ortho intramolecular Hbond substituents is 1. The van der Waals surface area contributed by atoms with Crippen molar-refractivity contribution in [2.75, 3.05) is 4.90 Å². The molecule has 1 amide bonds. The molecule has 7 nitrogen and oxygen atoms in total. The molecule has 0 bridgehead atoms. The molecule has 0 saturated carbocycles. The second-order valence-electron chi connectivity index (χ2n) is 5.09. The molecule has 1 fully saturated rings. The number of para-hydroxylation sites is 1. The smallest absolute Gasteiger partial charge is 0.311 e. The van der Waals surface area contributed by atoms with Gasteiger partial charge in [0.15, 0.2) is 10.9 Å². The number of rotatable bonds is 3. The van der Waals surface area contributed by atoms with Crippen molar-refractivity contribution in [3.63, 3.8) is 0 Å². The van der Waals surface area contributed by atoms with Crippen molar-refractivity contribution in [1.29, 1.82) is 0 Å². The highest BCUT2D eigenvalue weighted by molar-refractivity contribution is 7.80. The predicted octanol–water partition coefficient (Wildman–Crippen LogP) is 2.70. The Bertz CT molecular complexity index is 945. The number of amides is 1. The van der Waals surface area contributed by atoms with Gasteiger partial charge in [0.1, 0.15) is 11.5 Å². The van der Waals surface area contributed by atoms with E-state index in [4.69, 9.17) is 12.2 Å². The van der Waals surface area contributed by atoms with Crippen LogP contribution < -0.4 is 10.2 Å². The number of carbonyl (C=O) groups is 1. The van der Waals surface area contributed by atoms with Gasteiger partial charge in [0, 0.05) is 6.07 Å². The molecular weight excluding hydrogens is 349 g/mol. The molecule has 2 aromatic carbocycles. The molecule has 2 aromatic rings. The normalized spacial score (nSPS) is 15.6. The topological polar surface area (TPSA) is 95.7 Å². The largest absolute Gasteiger partial charge is 0.502 e. The Morgan fingerprint density at radius 2 is 2.00 bits per heavy atom. The third-order valence-electron chi connectivity index (χ3n) is 3.48. The van der Waals surface area contributed by atoms with Gasteiger partial charge in [-0.05, 0) is 42.1 Å². The first-order valence-electron chi connectivity index (χ1n) is 6.97.